The van der Waals surface area contributed by atoms with E-state index in [2.05, 4.69) is 9.97 Å². The number of nitrogens with zero attached hydrogens (tertiary/aromatic N) is 4. The number of hydrogen-bond acceptors (Lipinski definition) is 7. The highest BCUT2D eigenvalue weighted by Crippen LogP contribution is 2.24. The number of amides is 2. The maximum atomic E-state index is 12.8. The summed E-state index contributed by atoms with van der Waals surface area (Å²) in [5, 5.41) is 5.01. The van der Waals surface area contributed by atoms with Crippen molar-refractivity contribution in [1.82, 2.24) is 20.0 Å². The molecule has 8 nitrogen and oxygen atoms in total. The minimum atomic E-state index is -0.593. The minimum Gasteiger partial charge on any atom is -0.466 e. The first-order valence-electron chi connectivity index (χ1n) is 8.24. The van der Waals surface area contributed by atoms with Gasteiger partial charge in [0, 0.05) is 36.4 Å². The van der Waals surface area contributed by atoms with E-state index >= 15 is 0 Å². The van der Waals surface area contributed by atoms with E-state index in [1.165, 1.54) is 21.4 Å². The Balaban J connectivity index is 1.71. The van der Waals surface area contributed by atoms with Crippen LogP contribution in [-0.2, 0) is 14.3 Å². The lowest BCUT2D eigenvalue weighted by Gasteiger charge is -2.27. The molecule has 0 spiro atoms. The molecular formula is C17H18N4O4S. The second kappa shape index (κ2) is 8.05. The summed E-state index contributed by atoms with van der Waals surface area (Å²) in [5.74, 6) is -1.40. The Morgan fingerprint density at radius 1 is 1.27 bits per heavy atom. The molecule has 136 valence electrons. The van der Waals surface area contributed by atoms with E-state index in [0.29, 0.717) is 24.5 Å². The van der Waals surface area contributed by atoms with Crippen molar-refractivity contribution >= 4 is 29.1 Å². The van der Waals surface area contributed by atoms with Crippen LogP contribution in [0, 0.1) is 0 Å². The zero-order valence-corrected chi connectivity index (χ0v) is 15.1. The second-order valence-corrected chi connectivity index (χ2v) is 6.42. The van der Waals surface area contributed by atoms with Gasteiger partial charge >= 0.3 is 5.97 Å². The fourth-order valence-corrected chi connectivity index (χ4v) is 3.42. The van der Waals surface area contributed by atoms with Gasteiger partial charge in [-0.3, -0.25) is 24.4 Å². The molecule has 0 bridgehead atoms. The number of rotatable bonds is 5. The Labute approximate surface area is 154 Å². The van der Waals surface area contributed by atoms with E-state index in [9.17, 15) is 14.4 Å². The zero-order chi connectivity index (χ0) is 18.5. The van der Waals surface area contributed by atoms with Crippen LogP contribution in [0.4, 0.5) is 0 Å². The van der Waals surface area contributed by atoms with Crippen LogP contribution in [0.5, 0.6) is 0 Å². The summed E-state index contributed by atoms with van der Waals surface area (Å²) in [5.41, 5.74) is 1.10. The number of aromatic nitrogens is 2. The smallest absolute Gasteiger partial charge is 0.315 e. The van der Waals surface area contributed by atoms with Gasteiger partial charge in [-0.2, -0.15) is 0 Å². The van der Waals surface area contributed by atoms with Crippen molar-refractivity contribution in [2.24, 2.45) is 0 Å². The van der Waals surface area contributed by atoms with Crippen molar-refractivity contribution < 1.29 is 19.1 Å². The molecule has 1 saturated heterocycles. The Morgan fingerprint density at radius 3 is 2.81 bits per heavy atom. The molecule has 9 heteroatoms. The Hall–Kier alpha value is -2.81. The fraction of sp³-hybridized carbons (Fsp3) is 0.353. The molecule has 0 aromatic carbocycles. The monoisotopic (exact) mass is 374 g/mol. The van der Waals surface area contributed by atoms with E-state index in [1.54, 1.807) is 30.8 Å². The van der Waals surface area contributed by atoms with E-state index in [1.807, 2.05) is 6.07 Å². The molecule has 1 aliphatic heterocycles. The highest BCUT2D eigenvalue weighted by atomic mass is 32.1. The maximum absolute atomic E-state index is 12.8. The highest BCUT2D eigenvalue weighted by Gasteiger charge is 2.33. The second-order valence-electron chi connectivity index (χ2n) is 5.56. The van der Waals surface area contributed by atoms with Gasteiger partial charge in [0.15, 0.2) is 0 Å². The third-order valence-corrected chi connectivity index (χ3v) is 4.68. The molecule has 0 saturated carbocycles. The first kappa shape index (κ1) is 18.0. The molecule has 0 N–H and O–H groups in total. The van der Waals surface area contributed by atoms with Gasteiger partial charge in [0.2, 0.25) is 0 Å². The van der Waals surface area contributed by atoms with Gasteiger partial charge in [-0.05, 0) is 25.5 Å². The quantitative estimate of drug-likeness (QED) is 0.585. The third kappa shape index (κ3) is 3.88. The predicted molar refractivity (Wildman–Crippen MR) is 94.0 cm³/mol. The number of ether oxygens (including phenoxy) is 1. The lowest BCUT2D eigenvalue weighted by atomic mass is 10.3. The van der Waals surface area contributed by atoms with Crippen LogP contribution in [-0.4, -0.2) is 57.5 Å². The molecule has 3 rings (SSSR count). The van der Waals surface area contributed by atoms with Crippen molar-refractivity contribution in [3.63, 3.8) is 0 Å². The molecule has 0 atom stereocenters. The van der Waals surface area contributed by atoms with Crippen molar-refractivity contribution in [3.05, 3.63) is 35.6 Å². The molecular weight excluding hydrogens is 356 g/mol. The Bertz CT molecular complexity index is 808. The molecule has 1 aliphatic rings. The first-order chi connectivity index (χ1) is 12.6. The van der Waals surface area contributed by atoms with E-state index in [0.717, 1.165) is 5.56 Å². The van der Waals surface area contributed by atoms with Gasteiger partial charge in [-0.1, -0.05) is 0 Å². The summed E-state index contributed by atoms with van der Waals surface area (Å²) in [4.78, 5) is 45.0. The van der Waals surface area contributed by atoms with Gasteiger partial charge in [0.05, 0.1) is 6.61 Å². The van der Waals surface area contributed by atoms with Crippen molar-refractivity contribution in [1.29, 1.82) is 0 Å². The molecule has 0 unspecified atom stereocenters. The number of hydrogen-bond donors (Lipinski definition) is 0. The number of carbonyl (C=O) groups excluding carboxylic acids is 3. The SMILES string of the molecule is CCOC(=O)CC(=O)N1CCCN1C(=O)c1csc(-c2cccnc2)n1. The summed E-state index contributed by atoms with van der Waals surface area (Å²) in [6.07, 6.45) is 3.62. The Morgan fingerprint density at radius 2 is 2.08 bits per heavy atom. The number of esters is 1. The average molecular weight is 374 g/mol. The van der Waals surface area contributed by atoms with Crippen LogP contribution < -0.4 is 0 Å². The molecule has 26 heavy (non-hydrogen) atoms. The molecule has 2 aromatic heterocycles. The van der Waals surface area contributed by atoms with E-state index in [-0.39, 0.29) is 24.6 Å². The van der Waals surface area contributed by atoms with Crippen LogP contribution in [0.2, 0.25) is 0 Å². The van der Waals surface area contributed by atoms with Gasteiger partial charge in [-0.25, -0.2) is 9.99 Å². The largest absolute Gasteiger partial charge is 0.466 e. The average Bonchev–Trinajstić information content (AvgIpc) is 3.32. The van der Waals surface area contributed by atoms with Gasteiger partial charge in [-0.15, -0.1) is 11.3 Å². The first-order valence-corrected chi connectivity index (χ1v) is 9.11. The van der Waals surface area contributed by atoms with Gasteiger partial charge in [0.25, 0.3) is 11.8 Å². The number of carbonyl (C=O) groups is 3. The molecule has 0 radical (unpaired) electrons. The fourth-order valence-electron chi connectivity index (χ4n) is 2.63. The van der Waals surface area contributed by atoms with Crippen molar-refractivity contribution in [3.8, 4) is 10.6 Å². The summed E-state index contributed by atoms with van der Waals surface area (Å²) < 4.78 is 4.80. The highest BCUT2D eigenvalue weighted by molar-refractivity contribution is 7.13. The standard InChI is InChI=1S/C17H18N4O4S/c1-2-25-15(23)9-14(22)20-7-4-8-21(20)17(24)13-11-26-16(19-13)12-5-3-6-18-10-12/h3,5-6,10-11H,2,4,7-9H2,1H3. The predicted octanol–water partition coefficient (Wildman–Crippen LogP) is 1.75. The lowest BCUT2D eigenvalue weighted by Crippen LogP contribution is -2.45. The van der Waals surface area contributed by atoms with E-state index < -0.39 is 11.9 Å². The van der Waals surface area contributed by atoms with Gasteiger partial charge in [0.1, 0.15) is 17.1 Å². The third-order valence-electron chi connectivity index (χ3n) is 3.79. The van der Waals surface area contributed by atoms with Crippen LogP contribution in [0.3, 0.4) is 0 Å². The van der Waals surface area contributed by atoms with Crippen LogP contribution >= 0.6 is 11.3 Å². The molecule has 2 amide bonds. The minimum absolute atomic E-state index is 0.213. The lowest BCUT2D eigenvalue weighted by molar-refractivity contribution is -0.152. The van der Waals surface area contributed by atoms with Crippen molar-refractivity contribution in [2.75, 3.05) is 19.7 Å². The topological polar surface area (TPSA) is 92.7 Å². The maximum Gasteiger partial charge on any atom is 0.315 e. The summed E-state index contributed by atoms with van der Waals surface area (Å²) in [6, 6.07) is 3.67. The molecule has 2 aromatic rings. The number of hydrazine groups is 1. The van der Waals surface area contributed by atoms with Crippen LogP contribution in [0.1, 0.15) is 30.3 Å². The normalized spacial score (nSPS) is 13.7. The zero-order valence-electron chi connectivity index (χ0n) is 14.3. The summed E-state index contributed by atoms with van der Waals surface area (Å²) in [7, 11) is 0. The summed E-state index contributed by atoms with van der Waals surface area (Å²) in [6.45, 7) is 2.69. The van der Waals surface area contributed by atoms with Gasteiger partial charge < -0.3 is 4.74 Å². The Kier molecular flexibility index (Phi) is 5.57. The molecule has 3 heterocycles. The molecule has 0 aliphatic carbocycles. The number of thiazole rings is 1. The molecule has 1 fully saturated rings. The van der Waals surface area contributed by atoms with E-state index in [4.69, 9.17) is 4.74 Å². The number of pyridine rings is 1. The van der Waals surface area contributed by atoms with Crippen LogP contribution in [0.25, 0.3) is 10.6 Å². The van der Waals surface area contributed by atoms with Crippen LogP contribution in [0.15, 0.2) is 29.9 Å². The summed E-state index contributed by atoms with van der Waals surface area (Å²) >= 11 is 1.34. The van der Waals surface area contributed by atoms with Crippen molar-refractivity contribution in [2.45, 2.75) is 19.8 Å².